The third kappa shape index (κ3) is 5.02. The highest BCUT2D eigenvalue weighted by molar-refractivity contribution is 5.83. The summed E-state index contributed by atoms with van der Waals surface area (Å²) >= 11 is 0. The fourth-order valence-corrected chi connectivity index (χ4v) is 4.64. The molecule has 1 aromatic heterocycles. The zero-order chi connectivity index (χ0) is 23.3. The second-order valence-electron chi connectivity index (χ2n) is 8.78. The van der Waals surface area contributed by atoms with Crippen LogP contribution in [0.25, 0.3) is 10.8 Å². The minimum Gasteiger partial charge on any atom is -0.492 e. The summed E-state index contributed by atoms with van der Waals surface area (Å²) in [4.78, 5) is 15.7. The average Bonchev–Trinajstić information content (AvgIpc) is 2.88. The molecule has 0 atom stereocenters. The topological polar surface area (TPSA) is 47.4 Å². The van der Waals surface area contributed by atoms with Crippen LogP contribution in [0.4, 0.5) is 4.39 Å². The van der Waals surface area contributed by atoms with Crippen molar-refractivity contribution in [2.75, 3.05) is 26.2 Å². The number of benzene rings is 3. The Kier molecular flexibility index (Phi) is 6.67. The van der Waals surface area contributed by atoms with Crippen LogP contribution in [0.5, 0.6) is 5.75 Å². The van der Waals surface area contributed by atoms with E-state index in [0.29, 0.717) is 18.4 Å². The molecule has 5 rings (SSSR count). The van der Waals surface area contributed by atoms with E-state index in [9.17, 15) is 9.18 Å². The van der Waals surface area contributed by atoms with Gasteiger partial charge < -0.3 is 4.74 Å². The van der Waals surface area contributed by atoms with Crippen LogP contribution in [-0.4, -0.2) is 40.9 Å². The molecule has 34 heavy (non-hydrogen) atoms. The van der Waals surface area contributed by atoms with Gasteiger partial charge in [0.05, 0.1) is 17.1 Å². The van der Waals surface area contributed by atoms with Gasteiger partial charge in [-0.05, 0) is 48.7 Å². The Balaban J connectivity index is 1.30. The molecule has 0 radical (unpaired) electrons. The number of fused-ring (bicyclic) bond motifs is 1. The Hall–Kier alpha value is -3.51. The zero-order valence-corrected chi connectivity index (χ0v) is 19.1. The number of likely N-dealkylation sites (tertiary alicyclic amines) is 1. The van der Waals surface area contributed by atoms with Crippen molar-refractivity contribution in [2.24, 2.45) is 0 Å². The van der Waals surface area contributed by atoms with Crippen molar-refractivity contribution in [3.05, 3.63) is 106 Å². The lowest BCUT2D eigenvalue weighted by atomic mass is 10.0. The van der Waals surface area contributed by atoms with Crippen molar-refractivity contribution in [1.29, 1.82) is 0 Å². The summed E-state index contributed by atoms with van der Waals surface area (Å²) in [6, 6.07) is 24.0. The molecule has 5 nitrogen and oxygen atoms in total. The number of hydrogen-bond acceptors (Lipinski definition) is 4. The molecular formula is C28H28FN3O2. The van der Waals surface area contributed by atoms with Crippen LogP contribution in [0.2, 0.25) is 0 Å². The molecule has 6 heteroatoms. The highest BCUT2D eigenvalue weighted by atomic mass is 19.1. The molecule has 1 fully saturated rings. The quantitative estimate of drug-likeness (QED) is 0.398. The van der Waals surface area contributed by atoms with Gasteiger partial charge in [0.15, 0.2) is 0 Å². The molecule has 4 aromatic rings. The number of para-hydroxylation sites is 1. The molecule has 3 aromatic carbocycles. The van der Waals surface area contributed by atoms with Crippen LogP contribution in [0.15, 0.2) is 83.7 Å². The van der Waals surface area contributed by atoms with E-state index in [0.717, 1.165) is 54.9 Å². The first-order valence-corrected chi connectivity index (χ1v) is 11.8. The van der Waals surface area contributed by atoms with Crippen molar-refractivity contribution in [2.45, 2.75) is 25.3 Å². The van der Waals surface area contributed by atoms with Gasteiger partial charge in [-0.15, -0.1) is 0 Å². The lowest BCUT2D eigenvalue weighted by Crippen LogP contribution is -2.40. The predicted octanol–water partition coefficient (Wildman–Crippen LogP) is 4.84. The lowest BCUT2D eigenvalue weighted by molar-refractivity contribution is 0.150. The maximum Gasteiger partial charge on any atom is 0.274 e. The number of halogens is 1. The van der Waals surface area contributed by atoms with Gasteiger partial charge in [-0.2, -0.15) is 5.10 Å². The van der Waals surface area contributed by atoms with Crippen LogP contribution in [0.1, 0.15) is 30.1 Å². The predicted molar refractivity (Wildman–Crippen MR) is 132 cm³/mol. The first-order chi connectivity index (χ1) is 16.7. The molecular weight excluding hydrogens is 429 g/mol. The number of rotatable bonds is 7. The molecule has 1 aliphatic rings. The van der Waals surface area contributed by atoms with Gasteiger partial charge >= 0.3 is 0 Å². The van der Waals surface area contributed by atoms with E-state index in [2.05, 4.69) is 4.90 Å². The summed E-state index contributed by atoms with van der Waals surface area (Å²) in [6.07, 6.45) is 2.29. The van der Waals surface area contributed by atoms with Crippen LogP contribution >= 0.6 is 0 Å². The highest BCUT2D eigenvalue weighted by Gasteiger charge is 2.23. The van der Waals surface area contributed by atoms with Gasteiger partial charge in [-0.3, -0.25) is 9.69 Å². The summed E-state index contributed by atoms with van der Waals surface area (Å²) in [5.41, 5.74) is 1.78. The Morgan fingerprint density at radius 3 is 2.29 bits per heavy atom. The number of hydrogen-bond donors (Lipinski definition) is 0. The molecule has 174 valence electrons. The number of nitrogens with zero attached hydrogens (tertiary/aromatic N) is 3. The van der Waals surface area contributed by atoms with Crippen LogP contribution in [0, 0.1) is 5.82 Å². The largest absolute Gasteiger partial charge is 0.492 e. The molecule has 2 heterocycles. The summed E-state index contributed by atoms with van der Waals surface area (Å²) in [5, 5.41) is 6.39. The Bertz CT molecular complexity index is 1300. The van der Waals surface area contributed by atoms with Gasteiger partial charge in [0.25, 0.3) is 5.56 Å². The molecule has 0 amide bonds. The van der Waals surface area contributed by atoms with Gasteiger partial charge in [-0.25, -0.2) is 9.07 Å². The molecule has 0 aliphatic carbocycles. The number of ether oxygens (including phenoxy) is 1. The van der Waals surface area contributed by atoms with Crippen LogP contribution in [-0.2, 0) is 6.42 Å². The highest BCUT2D eigenvalue weighted by Crippen LogP contribution is 2.23. The fourth-order valence-electron chi connectivity index (χ4n) is 4.64. The monoisotopic (exact) mass is 457 g/mol. The zero-order valence-electron chi connectivity index (χ0n) is 19.1. The average molecular weight is 458 g/mol. The van der Waals surface area contributed by atoms with E-state index in [1.807, 2.05) is 54.6 Å². The number of aromatic nitrogens is 2. The molecule has 0 spiro atoms. The summed E-state index contributed by atoms with van der Waals surface area (Å²) in [7, 11) is 0. The van der Waals surface area contributed by atoms with E-state index in [-0.39, 0.29) is 17.4 Å². The van der Waals surface area contributed by atoms with Crippen molar-refractivity contribution in [3.63, 3.8) is 0 Å². The molecule has 0 saturated carbocycles. The van der Waals surface area contributed by atoms with Crippen molar-refractivity contribution in [3.8, 4) is 5.75 Å². The minimum atomic E-state index is -0.257. The second kappa shape index (κ2) is 10.2. The minimum absolute atomic E-state index is 0.0377. The SMILES string of the molecule is O=c1c2ccccc2c(Cc2ccc(F)cc2)nn1C1CCN(CCOc2ccccc2)CC1. The summed E-state index contributed by atoms with van der Waals surface area (Å²) < 4.78 is 20.9. The third-order valence-electron chi connectivity index (χ3n) is 6.51. The van der Waals surface area contributed by atoms with Gasteiger partial charge in [-0.1, -0.05) is 48.5 Å². The fraction of sp³-hybridized carbons (Fsp3) is 0.286. The van der Waals surface area contributed by atoms with Crippen molar-refractivity contribution < 1.29 is 9.13 Å². The van der Waals surface area contributed by atoms with Gasteiger partial charge in [0.1, 0.15) is 18.2 Å². The van der Waals surface area contributed by atoms with E-state index >= 15 is 0 Å². The normalized spacial score (nSPS) is 15.0. The van der Waals surface area contributed by atoms with E-state index in [4.69, 9.17) is 9.84 Å². The smallest absolute Gasteiger partial charge is 0.274 e. The molecule has 0 bridgehead atoms. The maximum absolute atomic E-state index is 13.4. The van der Waals surface area contributed by atoms with Gasteiger partial charge in [0, 0.05) is 31.4 Å². The lowest BCUT2D eigenvalue weighted by Gasteiger charge is -2.32. The molecule has 1 saturated heterocycles. The van der Waals surface area contributed by atoms with Crippen LogP contribution in [0.3, 0.4) is 0 Å². The standard InChI is InChI=1S/C28H28FN3O2/c29-22-12-10-21(11-13-22)20-27-25-8-4-5-9-26(25)28(33)32(30-27)23-14-16-31(17-15-23)18-19-34-24-6-2-1-3-7-24/h1-13,23H,14-20H2. The molecule has 0 N–H and O–H groups in total. The summed E-state index contributed by atoms with van der Waals surface area (Å²) in [6.45, 7) is 3.30. The van der Waals surface area contributed by atoms with E-state index < -0.39 is 0 Å². The summed E-state index contributed by atoms with van der Waals surface area (Å²) in [5.74, 6) is 0.630. The Labute approximate surface area is 198 Å². The van der Waals surface area contributed by atoms with E-state index in [1.165, 1.54) is 12.1 Å². The second-order valence-corrected chi connectivity index (χ2v) is 8.78. The van der Waals surface area contributed by atoms with Gasteiger partial charge in [0.2, 0.25) is 0 Å². The molecule has 0 unspecified atom stereocenters. The Morgan fingerprint density at radius 1 is 0.882 bits per heavy atom. The molecule has 1 aliphatic heterocycles. The van der Waals surface area contributed by atoms with Crippen molar-refractivity contribution in [1.82, 2.24) is 14.7 Å². The van der Waals surface area contributed by atoms with Crippen molar-refractivity contribution >= 4 is 10.8 Å². The first-order valence-electron chi connectivity index (χ1n) is 11.8. The van der Waals surface area contributed by atoms with Crippen LogP contribution < -0.4 is 10.3 Å². The maximum atomic E-state index is 13.4. The van der Waals surface area contributed by atoms with E-state index in [1.54, 1.807) is 16.8 Å². The first kappa shape index (κ1) is 22.3. The number of piperidine rings is 1. The third-order valence-corrected chi connectivity index (χ3v) is 6.51. The Morgan fingerprint density at radius 2 is 1.56 bits per heavy atom.